The number of halogens is 2. The zero-order valence-corrected chi connectivity index (χ0v) is 18.0. The standard InChI is InChI=1S/C23H24F2N2O5/c1-23(2,3)17-11-32-18-10-26-9-14(20(29)21(30)19(26)22(31)27(17)18)16(28)7-5-12-4-6-13(24)8-15(12)25/h4,6,8-9,17-18,30H,5,7,10-11H2,1-3H3/t17-,18-/m1/s1. The summed E-state index contributed by atoms with van der Waals surface area (Å²) in [6.07, 6.45) is 0.419. The number of ether oxygens (including phenoxy) is 1. The van der Waals surface area contributed by atoms with Crippen LogP contribution in [0.4, 0.5) is 8.78 Å². The van der Waals surface area contributed by atoms with Gasteiger partial charge in [-0.3, -0.25) is 14.4 Å². The van der Waals surface area contributed by atoms with Crippen LogP contribution in [0.2, 0.25) is 0 Å². The van der Waals surface area contributed by atoms with Crippen LogP contribution in [0.25, 0.3) is 0 Å². The summed E-state index contributed by atoms with van der Waals surface area (Å²) in [6, 6.07) is 2.83. The Morgan fingerprint density at radius 2 is 1.97 bits per heavy atom. The molecule has 2 aromatic rings. The second-order valence-electron chi connectivity index (χ2n) is 9.26. The number of carbonyl (C=O) groups excluding carboxylic acids is 2. The molecule has 0 bridgehead atoms. The molecule has 1 aromatic carbocycles. The normalized spacial score (nSPS) is 20.3. The lowest BCUT2D eigenvalue weighted by atomic mass is 9.86. The number of fused-ring (bicyclic) bond motifs is 2. The molecule has 0 saturated carbocycles. The molecule has 0 unspecified atom stereocenters. The molecule has 1 N–H and O–H groups in total. The molecule has 1 fully saturated rings. The lowest BCUT2D eigenvalue weighted by Gasteiger charge is -2.39. The summed E-state index contributed by atoms with van der Waals surface area (Å²) >= 11 is 0. The maximum atomic E-state index is 13.8. The molecule has 170 valence electrons. The van der Waals surface area contributed by atoms with Crippen molar-refractivity contribution in [1.29, 1.82) is 0 Å². The van der Waals surface area contributed by atoms with Crippen molar-refractivity contribution in [3.63, 3.8) is 0 Å². The number of aryl methyl sites for hydroxylation is 1. The van der Waals surface area contributed by atoms with Crippen molar-refractivity contribution < 1.29 is 28.2 Å². The fourth-order valence-corrected chi connectivity index (χ4v) is 4.26. The monoisotopic (exact) mass is 446 g/mol. The van der Waals surface area contributed by atoms with Crippen molar-refractivity contribution >= 4 is 11.7 Å². The quantitative estimate of drug-likeness (QED) is 0.730. The lowest BCUT2D eigenvalue weighted by molar-refractivity contribution is 0.00149. The predicted molar refractivity (Wildman–Crippen MR) is 111 cm³/mol. The van der Waals surface area contributed by atoms with E-state index in [1.807, 2.05) is 20.8 Å². The van der Waals surface area contributed by atoms with Gasteiger partial charge in [0.2, 0.25) is 5.43 Å². The molecule has 32 heavy (non-hydrogen) atoms. The predicted octanol–water partition coefficient (Wildman–Crippen LogP) is 2.87. The molecule has 2 atom stereocenters. The second kappa shape index (κ2) is 7.81. The summed E-state index contributed by atoms with van der Waals surface area (Å²) in [5, 5.41) is 10.5. The van der Waals surface area contributed by atoms with Gasteiger partial charge in [0, 0.05) is 18.7 Å². The maximum Gasteiger partial charge on any atom is 0.276 e. The number of nitrogens with zero attached hydrogens (tertiary/aromatic N) is 2. The highest BCUT2D eigenvalue weighted by Gasteiger charge is 2.48. The molecule has 1 amide bonds. The van der Waals surface area contributed by atoms with E-state index >= 15 is 0 Å². The Morgan fingerprint density at radius 1 is 1.25 bits per heavy atom. The van der Waals surface area contributed by atoms with Crippen molar-refractivity contribution in [3.8, 4) is 5.75 Å². The molecule has 2 aliphatic heterocycles. The van der Waals surface area contributed by atoms with Crippen LogP contribution in [0.5, 0.6) is 5.75 Å². The Balaban J connectivity index is 1.63. The number of benzene rings is 1. The number of hydrogen-bond donors (Lipinski definition) is 1. The van der Waals surface area contributed by atoms with E-state index in [0.29, 0.717) is 6.61 Å². The Kier molecular flexibility index (Phi) is 5.40. The van der Waals surface area contributed by atoms with E-state index in [1.54, 1.807) is 4.90 Å². The van der Waals surface area contributed by atoms with Crippen LogP contribution in [0.15, 0.2) is 29.2 Å². The van der Waals surface area contributed by atoms with Gasteiger partial charge in [0.25, 0.3) is 5.91 Å². The molecule has 0 radical (unpaired) electrons. The number of amides is 1. The minimum absolute atomic E-state index is 0.0430. The number of aromatic nitrogens is 1. The second-order valence-corrected chi connectivity index (χ2v) is 9.26. The zero-order valence-electron chi connectivity index (χ0n) is 18.0. The van der Waals surface area contributed by atoms with Crippen molar-refractivity contribution in [1.82, 2.24) is 9.47 Å². The molecule has 2 aliphatic rings. The van der Waals surface area contributed by atoms with Crippen LogP contribution in [-0.2, 0) is 17.7 Å². The Labute approximate surface area is 183 Å². The van der Waals surface area contributed by atoms with Crippen molar-refractivity contribution in [2.45, 2.75) is 52.4 Å². The Bertz CT molecular complexity index is 1170. The highest BCUT2D eigenvalue weighted by atomic mass is 19.1. The zero-order chi connectivity index (χ0) is 23.4. The van der Waals surface area contributed by atoms with Gasteiger partial charge in [-0.05, 0) is 23.5 Å². The molecule has 4 rings (SSSR count). The molecular formula is C23H24F2N2O5. The third kappa shape index (κ3) is 3.70. The third-order valence-electron chi connectivity index (χ3n) is 6.08. The summed E-state index contributed by atoms with van der Waals surface area (Å²) in [5.41, 5.74) is -1.54. The van der Waals surface area contributed by atoms with Crippen LogP contribution in [0.3, 0.4) is 0 Å². The fourth-order valence-electron chi connectivity index (χ4n) is 4.26. The molecule has 9 heteroatoms. The molecule has 0 aliphatic carbocycles. The minimum Gasteiger partial charge on any atom is -0.503 e. The van der Waals surface area contributed by atoms with Crippen LogP contribution < -0.4 is 5.43 Å². The minimum atomic E-state index is -0.944. The number of carbonyl (C=O) groups is 2. The summed E-state index contributed by atoms with van der Waals surface area (Å²) < 4.78 is 34.1. The number of pyridine rings is 1. The van der Waals surface area contributed by atoms with Gasteiger partial charge in [0.1, 0.15) is 11.6 Å². The summed E-state index contributed by atoms with van der Waals surface area (Å²) in [7, 11) is 0. The molecular weight excluding hydrogens is 422 g/mol. The highest BCUT2D eigenvalue weighted by Crippen LogP contribution is 2.36. The van der Waals surface area contributed by atoms with Crippen LogP contribution in [0, 0.1) is 17.0 Å². The fraction of sp³-hybridized carbons (Fsp3) is 0.435. The van der Waals surface area contributed by atoms with Gasteiger partial charge in [-0.25, -0.2) is 8.78 Å². The first-order valence-electron chi connectivity index (χ1n) is 10.4. The van der Waals surface area contributed by atoms with Gasteiger partial charge in [-0.15, -0.1) is 0 Å². The van der Waals surface area contributed by atoms with Gasteiger partial charge >= 0.3 is 0 Å². The number of aromatic hydroxyl groups is 1. The SMILES string of the molecule is CC(C)(C)[C@H]1CO[C@@H]2Cn3cc(C(=O)CCc4ccc(F)cc4F)c(=O)c(O)c3C(=O)N21. The molecule has 3 heterocycles. The summed E-state index contributed by atoms with van der Waals surface area (Å²) in [5.74, 6) is -3.43. The first kappa shape index (κ1) is 22.1. The first-order chi connectivity index (χ1) is 15.0. The van der Waals surface area contributed by atoms with Gasteiger partial charge in [0.05, 0.1) is 24.8 Å². The highest BCUT2D eigenvalue weighted by molar-refractivity contribution is 6.00. The van der Waals surface area contributed by atoms with E-state index in [9.17, 15) is 28.3 Å². The van der Waals surface area contributed by atoms with Gasteiger partial charge in [-0.1, -0.05) is 26.8 Å². The lowest BCUT2D eigenvalue weighted by Crippen LogP contribution is -2.53. The third-order valence-corrected chi connectivity index (χ3v) is 6.08. The van der Waals surface area contributed by atoms with E-state index in [-0.39, 0.29) is 47.7 Å². The molecule has 7 nitrogen and oxygen atoms in total. The van der Waals surface area contributed by atoms with Gasteiger partial charge in [0.15, 0.2) is 23.5 Å². The van der Waals surface area contributed by atoms with Crippen molar-refractivity contribution in [3.05, 3.63) is 63.1 Å². The van der Waals surface area contributed by atoms with E-state index in [2.05, 4.69) is 0 Å². The van der Waals surface area contributed by atoms with E-state index < -0.39 is 40.7 Å². The summed E-state index contributed by atoms with van der Waals surface area (Å²) in [6.45, 7) is 6.42. The molecule has 1 saturated heterocycles. The average Bonchev–Trinajstić information content (AvgIpc) is 3.14. The molecule has 1 aromatic heterocycles. The first-order valence-corrected chi connectivity index (χ1v) is 10.4. The van der Waals surface area contributed by atoms with Crippen LogP contribution >= 0.6 is 0 Å². The topological polar surface area (TPSA) is 88.8 Å². The van der Waals surface area contributed by atoms with Crippen LogP contribution in [-0.4, -0.2) is 45.1 Å². The van der Waals surface area contributed by atoms with E-state index in [4.69, 9.17) is 4.74 Å². The number of Topliss-reactive ketones (excluding diaryl/α,β-unsaturated/α-hetero) is 1. The number of rotatable bonds is 4. The van der Waals surface area contributed by atoms with Gasteiger partial charge < -0.3 is 19.3 Å². The average molecular weight is 446 g/mol. The van der Waals surface area contributed by atoms with E-state index in [0.717, 1.165) is 12.1 Å². The Hall–Kier alpha value is -3.07. The van der Waals surface area contributed by atoms with Gasteiger partial charge in [-0.2, -0.15) is 0 Å². The van der Waals surface area contributed by atoms with Crippen molar-refractivity contribution in [2.75, 3.05) is 6.61 Å². The molecule has 0 spiro atoms. The smallest absolute Gasteiger partial charge is 0.276 e. The van der Waals surface area contributed by atoms with Crippen molar-refractivity contribution in [2.24, 2.45) is 5.41 Å². The number of hydrogen-bond acceptors (Lipinski definition) is 5. The summed E-state index contributed by atoms with van der Waals surface area (Å²) in [4.78, 5) is 40.1. The van der Waals surface area contributed by atoms with Crippen LogP contribution in [0.1, 0.15) is 53.6 Å². The largest absolute Gasteiger partial charge is 0.503 e. The Morgan fingerprint density at radius 3 is 2.62 bits per heavy atom. The van der Waals surface area contributed by atoms with E-state index in [1.165, 1.54) is 16.8 Å². The maximum absolute atomic E-state index is 13.8. The number of ketones is 1.